The molecule has 6 nitrogen and oxygen atoms in total. The number of nitrogens with one attached hydrogen (secondary N) is 1. The predicted molar refractivity (Wildman–Crippen MR) is 137 cm³/mol. The second-order valence-corrected chi connectivity index (χ2v) is 9.67. The van der Waals surface area contributed by atoms with Gasteiger partial charge in [0, 0.05) is 44.8 Å². The van der Waals surface area contributed by atoms with E-state index in [2.05, 4.69) is 16.3 Å². The van der Waals surface area contributed by atoms with E-state index in [0.29, 0.717) is 31.5 Å². The Morgan fingerprint density at radius 2 is 1.75 bits per heavy atom. The third-order valence-electron chi connectivity index (χ3n) is 7.05. The fourth-order valence-electron chi connectivity index (χ4n) is 5.11. The standard InChI is InChI=1S/C29H30FN3O3/c30-24-8-7-22-15-21(5-6-23(22)17-24)18-32-12-11-25(19-32)31-28(35)16-20-9-13-33(14-10-20)29(36)26-3-1-2-4-27(26)34/h1-8,15-17,25,34H,9-14,18-19H2,(H,31,35). The van der Waals surface area contributed by atoms with Crippen LogP contribution in [0.1, 0.15) is 35.2 Å². The van der Waals surface area contributed by atoms with Crippen molar-refractivity contribution < 1.29 is 19.1 Å². The van der Waals surface area contributed by atoms with Gasteiger partial charge in [-0.05, 0) is 65.9 Å². The van der Waals surface area contributed by atoms with Gasteiger partial charge in [-0.2, -0.15) is 0 Å². The maximum absolute atomic E-state index is 13.4. The average Bonchev–Trinajstić information content (AvgIpc) is 3.30. The summed E-state index contributed by atoms with van der Waals surface area (Å²) in [5.74, 6) is -0.494. The quantitative estimate of drug-likeness (QED) is 0.528. The fourth-order valence-corrected chi connectivity index (χ4v) is 5.11. The molecule has 3 aromatic rings. The number of rotatable bonds is 5. The first-order chi connectivity index (χ1) is 17.4. The number of nitrogens with zero attached hydrogens (tertiary/aromatic N) is 2. The number of amides is 2. The molecule has 3 aromatic carbocycles. The monoisotopic (exact) mass is 487 g/mol. The van der Waals surface area contributed by atoms with Crippen LogP contribution in [0.2, 0.25) is 0 Å². The number of halogens is 1. The number of aromatic hydroxyl groups is 1. The Labute approximate surface area is 210 Å². The van der Waals surface area contributed by atoms with Gasteiger partial charge >= 0.3 is 0 Å². The van der Waals surface area contributed by atoms with Gasteiger partial charge in [-0.1, -0.05) is 35.9 Å². The molecule has 5 rings (SSSR count). The lowest BCUT2D eigenvalue weighted by atomic mass is 10.0. The number of hydrogen-bond donors (Lipinski definition) is 2. The molecule has 2 fully saturated rings. The fraction of sp³-hybridized carbons (Fsp3) is 0.310. The molecule has 2 saturated heterocycles. The van der Waals surface area contributed by atoms with Crippen molar-refractivity contribution in [1.82, 2.24) is 15.1 Å². The third kappa shape index (κ3) is 5.57. The smallest absolute Gasteiger partial charge is 0.257 e. The number of benzene rings is 3. The molecule has 1 unspecified atom stereocenters. The van der Waals surface area contributed by atoms with Crippen LogP contribution in [0.4, 0.5) is 4.39 Å². The van der Waals surface area contributed by atoms with E-state index in [-0.39, 0.29) is 29.4 Å². The molecule has 36 heavy (non-hydrogen) atoms. The summed E-state index contributed by atoms with van der Waals surface area (Å²) < 4.78 is 13.4. The minimum Gasteiger partial charge on any atom is -0.507 e. The molecule has 0 aromatic heterocycles. The number of piperidine rings is 1. The molecule has 0 saturated carbocycles. The number of fused-ring (bicyclic) bond motifs is 1. The van der Waals surface area contributed by atoms with Gasteiger partial charge in [0.1, 0.15) is 11.6 Å². The molecule has 186 valence electrons. The molecule has 2 heterocycles. The Kier molecular flexibility index (Phi) is 7.00. The van der Waals surface area contributed by atoms with Crippen molar-refractivity contribution in [2.24, 2.45) is 0 Å². The topological polar surface area (TPSA) is 72.9 Å². The Bertz CT molecular complexity index is 1310. The van der Waals surface area contributed by atoms with Gasteiger partial charge in [0.2, 0.25) is 5.91 Å². The van der Waals surface area contributed by atoms with Gasteiger partial charge in [0.05, 0.1) is 5.56 Å². The van der Waals surface area contributed by atoms with Crippen LogP contribution >= 0.6 is 0 Å². The van der Waals surface area contributed by atoms with Crippen LogP contribution in [-0.2, 0) is 11.3 Å². The van der Waals surface area contributed by atoms with Gasteiger partial charge in [-0.25, -0.2) is 4.39 Å². The summed E-state index contributed by atoms with van der Waals surface area (Å²) in [4.78, 5) is 29.4. The minimum absolute atomic E-state index is 0.00942. The highest BCUT2D eigenvalue weighted by molar-refractivity contribution is 5.97. The van der Waals surface area contributed by atoms with Crippen LogP contribution in [0.15, 0.2) is 72.3 Å². The number of phenolic OH excluding ortho intramolecular Hbond substituents is 1. The van der Waals surface area contributed by atoms with Crippen molar-refractivity contribution in [3.63, 3.8) is 0 Å². The first kappa shape index (κ1) is 24.0. The zero-order chi connectivity index (χ0) is 25.1. The van der Waals surface area contributed by atoms with Gasteiger partial charge in [0.25, 0.3) is 5.91 Å². The van der Waals surface area contributed by atoms with Gasteiger partial charge in [-0.3, -0.25) is 14.5 Å². The molecule has 0 spiro atoms. The van der Waals surface area contributed by atoms with Crippen molar-refractivity contribution in [3.8, 4) is 5.75 Å². The maximum Gasteiger partial charge on any atom is 0.257 e. The highest BCUT2D eigenvalue weighted by Gasteiger charge is 2.25. The van der Waals surface area contributed by atoms with Gasteiger partial charge in [0.15, 0.2) is 0 Å². The molecule has 0 radical (unpaired) electrons. The summed E-state index contributed by atoms with van der Waals surface area (Å²) in [6, 6.07) is 17.6. The number of carbonyl (C=O) groups is 2. The van der Waals surface area contributed by atoms with E-state index in [9.17, 15) is 19.1 Å². The lowest BCUT2D eigenvalue weighted by Gasteiger charge is -2.28. The largest absolute Gasteiger partial charge is 0.507 e. The molecule has 2 N–H and O–H groups in total. The van der Waals surface area contributed by atoms with E-state index in [4.69, 9.17) is 0 Å². The molecule has 7 heteroatoms. The summed E-state index contributed by atoms with van der Waals surface area (Å²) >= 11 is 0. The molecule has 0 bridgehead atoms. The first-order valence-corrected chi connectivity index (χ1v) is 12.4. The molecule has 0 aliphatic carbocycles. The van der Waals surface area contributed by atoms with E-state index >= 15 is 0 Å². The molecular weight excluding hydrogens is 457 g/mol. The van der Waals surface area contributed by atoms with Crippen LogP contribution in [0.3, 0.4) is 0 Å². The Morgan fingerprint density at radius 3 is 2.56 bits per heavy atom. The van der Waals surface area contributed by atoms with E-state index in [0.717, 1.165) is 42.4 Å². The Morgan fingerprint density at radius 1 is 1.00 bits per heavy atom. The Balaban J connectivity index is 1.10. The normalized spacial score (nSPS) is 18.4. The molecule has 2 amide bonds. The minimum atomic E-state index is -0.227. The third-order valence-corrected chi connectivity index (χ3v) is 7.05. The zero-order valence-electron chi connectivity index (χ0n) is 20.1. The number of carbonyl (C=O) groups excluding carboxylic acids is 2. The van der Waals surface area contributed by atoms with Crippen molar-refractivity contribution >= 4 is 22.6 Å². The molecular formula is C29H30FN3O3. The van der Waals surface area contributed by atoms with E-state index in [1.165, 1.54) is 17.7 Å². The number of likely N-dealkylation sites (tertiary alicyclic amines) is 2. The predicted octanol–water partition coefficient (Wildman–Crippen LogP) is 4.24. The zero-order valence-corrected chi connectivity index (χ0v) is 20.1. The average molecular weight is 488 g/mol. The number of para-hydroxylation sites is 1. The van der Waals surface area contributed by atoms with Crippen molar-refractivity contribution in [2.75, 3.05) is 26.2 Å². The SMILES string of the molecule is O=C(C=C1CCN(C(=O)c2ccccc2O)CC1)NC1CCN(Cc2ccc3cc(F)ccc3c2)C1. The van der Waals surface area contributed by atoms with Crippen LogP contribution in [-0.4, -0.2) is 58.9 Å². The molecule has 2 aliphatic heterocycles. The van der Waals surface area contributed by atoms with Gasteiger partial charge in [-0.15, -0.1) is 0 Å². The maximum atomic E-state index is 13.4. The van der Waals surface area contributed by atoms with Gasteiger partial charge < -0.3 is 15.3 Å². The van der Waals surface area contributed by atoms with Crippen molar-refractivity contribution in [1.29, 1.82) is 0 Å². The van der Waals surface area contributed by atoms with E-state index in [1.807, 2.05) is 12.1 Å². The summed E-state index contributed by atoms with van der Waals surface area (Å²) in [5.41, 5.74) is 2.52. The Hall–Kier alpha value is -3.71. The highest BCUT2D eigenvalue weighted by Crippen LogP contribution is 2.23. The van der Waals surface area contributed by atoms with Crippen molar-refractivity contribution in [2.45, 2.75) is 31.8 Å². The first-order valence-electron chi connectivity index (χ1n) is 12.4. The lowest BCUT2D eigenvalue weighted by molar-refractivity contribution is -0.117. The summed E-state index contributed by atoms with van der Waals surface area (Å²) in [5, 5.41) is 15.0. The number of hydrogen-bond acceptors (Lipinski definition) is 4. The molecule has 1 atom stereocenters. The lowest BCUT2D eigenvalue weighted by Crippen LogP contribution is -2.38. The van der Waals surface area contributed by atoms with E-state index in [1.54, 1.807) is 41.3 Å². The van der Waals surface area contributed by atoms with E-state index < -0.39 is 0 Å². The van der Waals surface area contributed by atoms with Crippen LogP contribution in [0, 0.1) is 5.82 Å². The van der Waals surface area contributed by atoms with Crippen molar-refractivity contribution in [3.05, 3.63) is 89.3 Å². The van der Waals surface area contributed by atoms with Crippen LogP contribution < -0.4 is 5.32 Å². The summed E-state index contributed by atoms with van der Waals surface area (Å²) in [7, 11) is 0. The number of phenols is 1. The second kappa shape index (κ2) is 10.5. The summed E-state index contributed by atoms with van der Waals surface area (Å²) in [6.45, 7) is 3.55. The second-order valence-electron chi connectivity index (χ2n) is 9.67. The highest BCUT2D eigenvalue weighted by atomic mass is 19.1. The summed E-state index contributed by atoms with van der Waals surface area (Å²) in [6.07, 6.45) is 3.88. The van der Waals surface area contributed by atoms with Crippen LogP contribution in [0.25, 0.3) is 10.8 Å². The van der Waals surface area contributed by atoms with Crippen LogP contribution in [0.5, 0.6) is 5.75 Å². The molecule has 2 aliphatic rings.